The van der Waals surface area contributed by atoms with Crippen LogP contribution in [0.15, 0.2) is 28.7 Å². The van der Waals surface area contributed by atoms with Gasteiger partial charge in [-0.05, 0) is 66.4 Å². The summed E-state index contributed by atoms with van der Waals surface area (Å²) >= 11 is 3.44. The molecule has 0 saturated carbocycles. The maximum absolute atomic E-state index is 5.92. The van der Waals surface area contributed by atoms with E-state index in [2.05, 4.69) is 46.9 Å². The van der Waals surface area contributed by atoms with Crippen molar-refractivity contribution in [1.29, 1.82) is 0 Å². The van der Waals surface area contributed by atoms with E-state index in [4.69, 9.17) is 4.74 Å². The molecule has 0 aliphatic heterocycles. The first-order valence-electron chi connectivity index (χ1n) is 5.87. The third kappa shape index (κ3) is 2.56. The molecule has 1 heterocycles. The second kappa shape index (κ2) is 5.11. The van der Waals surface area contributed by atoms with Crippen molar-refractivity contribution >= 4 is 15.9 Å². The molecule has 2 aromatic rings. The van der Waals surface area contributed by atoms with Crippen molar-refractivity contribution < 1.29 is 4.74 Å². The van der Waals surface area contributed by atoms with Gasteiger partial charge in [-0.2, -0.15) is 0 Å². The lowest BCUT2D eigenvalue weighted by atomic mass is 10.1. The zero-order chi connectivity index (χ0) is 13.3. The van der Waals surface area contributed by atoms with Crippen LogP contribution in [0.3, 0.4) is 0 Å². The molecule has 0 amide bonds. The Bertz CT molecular complexity index is 593. The highest BCUT2D eigenvalue weighted by atomic mass is 79.9. The standard InChI is InChI=1S/C15H16BrNO/c1-9-5-6-10(2)15(11(9)3)18-14-8-7-13(16)12(4)17-14/h5-8H,1-4H3. The fourth-order valence-electron chi connectivity index (χ4n) is 1.76. The number of pyridine rings is 1. The summed E-state index contributed by atoms with van der Waals surface area (Å²) in [5.74, 6) is 1.54. The van der Waals surface area contributed by atoms with Crippen LogP contribution in [0.5, 0.6) is 11.6 Å². The average molecular weight is 306 g/mol. The van der Waals surface area contributed by atoms with Gasteiger partial charge in [0.1, 0.15) is 5.75 Å². The molecule has 0 bridgehead atoms. The Balaban J connectivity index is 2.39. The predicted octanol–water partition coefficient (Wildman–Crippen LogP) is 4.87. The molecule has 0 aliphatic rings. The lowest BCUT2D eigenvalue weighted by Gasteiger charge is -2.13. The van der Waals surface area contributed by atoms with Gasteiger partial charge >= 0.3 is 0 Å². The second-order valence-corrected chi connectivity index (χ2v) is 5.33. The number of aromatic nitrogens is 1. The molecule has 0 aliphatic carbocycles. The zero-order valence-corrected chi connectivity index (χ0v) is 12.6. The van der Waals surface area contributed by atoms with Crippen LogP contribution in [0.1, 0.15) is 22.4 Å². The molecule has 0 N–H and O–H groups in total. The summed E-state index contributed by atoms with van der Waals surface area (Å²) in [7, 11) is 0. The topological polar surface area (TPSA) is 22.1 Å². The van der Waals surface area contributed by atoms with E-state index in [0.29, 0.717) is 5.88 Å². The Morgan fingerprint density at radius 1 is 0.944 bits per heavy atom. The zero-order valence-electron chi connectivity index (χ0n) is 11.0. The van der Waals surface area contributed by atoms with Gasteiger partial charge in [0.25, 0.3) is 0 Å². The first-order chi connectivity index (χ1) is 8.49. The molecule has 0 spiro atoms. The molecular formula is C15H16BrNO. The summed E-state index contributed by atoms with van der Waals surface area (Å²) in [5, 5.41) is 0. The smallest absolute Gasteiger partial charge is 0.219 e. The number of rotatable bonds is 2. The number of aryl methyl sites for hydroxylation is 3. The summed E-state index contributed by atoms with van der Waals surface area (Å²) < 4.78 is 6.92. The van der Waals surface area contributed by atoms with E-state index >= 15 is 0 Å². The Morgan fingerprint density at radius 2 is 1.61 bits per heavy atom. The fourth-order valence-corrected chi connectivity index (χ4v) is 1.99. The van der Waals surface area contributed by atoms with Crippen LogP contribution in [-0.2, 0) is 0 Å². The number of ether oxygens (including phenoxy) is 1. The van der Waals surface area contributed by atoms with Crippen molar-refractivity contribution in [2.45, 2.75) is 27.7 Å². The fraction of sp³-hybridized carbons (Fsp3) is 0.267. The monoisotopic (exact) mass is 305 g/mol. The quantitative estimate of drug-likeness (QED) is 0.789. The predicted molar refractivity (Wildman–Crippen MR) is 77.4 cm³/mol. The van der Waals surface area contributed by atoms with Crippen LogP contribution in [-0.4, -0.2) is 4.98 Å². The molecule has 0 fully saturated rings. The summed E-state index contributed by atoms with van der Waals surface area (Å²) in [5.41, 5.74) is 4.44. The summed E-state index contributed by atoms with van der Waals surface area (Å²) in [6, 6.07) is 8.01. The van der Waals surface area contributed by atoms with E-state index < -0.39 is 0 Å². The normalized spacial score (nSPS) is 10.5. The van der Waals surface area contributed by atoms with Crippen molar-refractivity contribution in [3.05, 3.63) is 51.1 Å². The van der Waals surface area contributed by atoms with Gasteiger partial charge in [0.15, 0.2) is 0 Å². The van der Waals surface area contributed by atoms with Gasteiger partial charge < -0.3 is 4.74 Å². The Hall–Kier alpha value is -1.35. The van der Waals surface area contributed by atoms with Crippen LogP contribution < -0.4 is 4.74 Å². The van der Waals surface area contributed by atoms with E-state index in [1.807, 2.05) is 26.0 Å². The molecule has 18 heavy (non-hydrogen) atoms. The van der Waals surface area contributed by atoms with E-state index in [9.17, 15) is 0 Å². The van der Waals surface area contributed by atoms with Gasteiger partial charge in [0, 0.05) is 10.5 Å². The van der Waals surface area contributed by atoms with Crippen LogP contribution in [0.2, 0.25) is 0 Å². The minimum Gasteiger partial charge on any atom is -0.438 e. The van der Waals surface area contributed by atoms with Gasteiger partial charge in [0.05, 0.1) is 5.69 Å². The van der Waals surface area contributed by atoms with E-state index in [0.717, 1.165) is 27.0 Å². The summed E-state index contributed by atoms with van der Waals surface area (Å²) in [4.78, 5) is 4.41. The minimum absolute atomic E-state index is 0.632. The van der Waals surface area contributed by atoms with Gasteiger partial charge in [-0.1, -0.05) is 12.1 Å². The van der Waals surface area contributed by atoms with Gasteiger partial charge in [0.2, 0.25) is 5.88 Å². The maximum atomic E-state index is 5.92. The Morgan fingerprint density at radius 3 is 2.28 bits per heavy atom. The molecular weight excluding hydrogens is 290 g/mol. The number of nitrogens with zero attached hydrogens (tertiary/aromatic N) is 1. The lowest BCUT2D eigenvalue weighted by Crippen LogP contribution is -1.96. The third-order valence-corrected chi connectivity index (χ3v) is 3.91. The minimum atomic E-state index is 0.632. The maximum Gasteiger partial charge on any atom is 0.219 e. The summed E-state index contributed by atoms with van der Waals surface area (Å²) in [6.45, 7) is 8.16. The van der Waals surface area contributed by atoms with Crippen molar-refractivity contribution in [2.24, 2.45) is 0 Å². The number of halogens is 1. The van der Waals surface area contributed by atoms with Crippen molar-refractivity contribution in [2.75, 3.05) is 0 Å². The molecule has 0 atom stereocenters. The van der Waals surface area contributed by atoms with Crippen molar-refractivity contribution in [3.63, 3.8) is 0 Å². The molecule has 3 heteroatoms. The van der Waals surface area contributed by atoms with Gasteiger partial charge in [-0.3, -0.25) is 0 Å². The van der Waals surface area contributed by atoms with Crippen molar-refractivity contribution in [1.82, 2.24) is 4.98 Å². The molecule has 0 unspecified atom stereocenters. The molecule has 0 radical (unpaired) electrons. The number of hydrogen-bond donors (Lipinski definition) is 0. The van der Waals surface area contributed by atoms with Crippen LogP contribution >= 0.6 is 15.9 Å². The number of benzene rings is 1. The Labute approximate surface area is 116 Å². The highest BCUT2D eigenvalue weighted by Gasteiger charge is 2.09. The van der Waals surface area contributed by atoms with Crippen molar-refractivity contribution in [3.8, 4) is 11.6 Å². The lowest BCUT2D eigenvalue weighted by molar-refractivity contribution is 0.454. The highest BCUT2D eigenvalue weighted by molar-refractivity contribution is 9.10. The van der Waals surface area contributed by atoms with E-state index in [1.165, 1.54) is 5.56 Å². The largest absolute Gasteiger partial charge is 0.438 e. The average Bonchev–Trinajstić information content (AvgIpc) is 2.34. The van der Waals surface area contributed by atoms with E-state index in [1.54, 1.807) is 0 Å². The molecule has 1 aromatic heterocycles. The van der Waals surface area contributed by atoms with Gasteiger partial charge in [-0.25, -0.2) is 4.98 Å². The number of hydrogen-bond acceptors (Lipinski definition) is 2. The third-order valence-electron chi connectivity index (χ3n) is 3.08. The molecule has 1 aromatic carbocycles. The highest BCUT2D eigenvalue weighted by Crippen LogP contribution is 2.30. The molecule has 2 nitrogen and oxygen atoms in total. The Kier molecular flexibility index (Phi) is 3.71. The molecule has 0 saturated heterocycles. The molecule has 94 valence electrons. The molecule has 2 rings (SSSR count). The SMILES string of the molecule is Cc1ccc(C)c(Oc2ccc(Br)c(C)n2)c1C. The van der Waals surface area contributed by atoms with Crippen LogP contribution in [0.25, 0.3) is 0 Å². The summed E-state index contributed by atoms with van der Waals surface area (Å²) in [6.07, 6.45) is 0. The first-order valence-corrected chi connectivity index (χ1v) is 6.66. The van der Waals surface area contributed by atoms with Crippen LogP contribution in [0.4, 0.5) is 0 Å². The first kappa shape index (κ1) is 13.1. The van der Waals surface area contributed by atoms with E-state index in [-0.39, 0.29) is 0 Å². The second-order valence-electron chi connectivity index (χ2n) is 4.47. The van der Waals surface area contributed by atoms with Crippen LogP contribution in [0, 0.1) is 27.7 Å². The van der Waals surface area contributed by atoms with Gasteiger partial charge in [-0.15, -0.1) is 0 Å².